The number of para-hydroxylation sites is 1. The molecule has 0 bridgehead atoms. The Balaban J connectivity index is 1.98. The molecule has 4 nitrogen and oxygen atoms in total. The molecule has 2 aromatic carbocycles. The average Bonchev–Trinajstić information content (AvgIpc) is 2.64. The van der Waals surface area contributed by atoms with Crippen LogP contribution in [0.25, 0.3) is 0 Å². The fourth-order valence-corrected chi connectivity index (χ4v) is 2.67. The fourth-order valence-electron chi connectivity index (χ4n) is 2.67. The van der Waals surface area contributed by atoms with Gasteiger partial charge in [-0.25, -0.2) is 0 Å². The summed E-state index contributed by atoms with van der Waals surface area (Å²) >= 11 is 0. The molecule has 0 unspecified atom stereocenters. The molecule has 2 rings (SSSR count). The Hall–Kier alpha value is -2.49. The third kappa shape index (κ3) is 5.25. The quantitative estimate of drug-likeness (QED) is 0.797. The molecular formula is C22H29NO3. The summed E-state index contributed by atoms with van der Waals surface area (Å²) in [4.78, 5) is 12.5. The topological polar surface area (TPSA) is 47.6 Å². The van der Waals surface area contributed by atoms with E-state index in [1.165, 1.54) is 5.56 Å². The molecule has 0 aromatic heterocycles. The highest BCUT2D eigenvalue weighted by Crippen LogP contribution is 2.25. The standard InChI is InChI=1S/C22H29NO3/c1-6-19(26-18-13-11-17(12-14-18)22(2,3)4)21(24)23-15-16-9-7-8-10-20(16)25-5/h7-14,19H,6,15H2,1-5H3,(H,23,24)/t19-/m0/s1. The van der Waals surface area contributed by atoms with Crippen LogP contribution in [0.1, 0.15) is 45.2 Å². The highest BCUT2D eigenvalue weighted by atomic mass is 16.5. The van der Waals surface area contributed by atoms with E-state index in [4.69, 9.17) is 9.47 Å². The number of nitrogens with one attached hydrogen (secondary N) is 1. The monoisotopic (exact) mass is 355 g/mol. The third-order valence-corrected chi connectivity index (χ3v) is 4.31. The number of methoxy groups -OCH3 is 1. The minimum absolute atomic E-state index is 0.0921. The summed E-state index contributed by atoms with van der Waals surface area (Å²) in [5.74, 6) is 1.34. The SMILES string of the molecule is CC[C@H](Oc1ccc(C(C)(C)C)cc1)C(=O)NCc1ccccc1OC. The summed E-state index contributed by atoms with van der Waals surface area (Å²) in [5, 5.41) is 2.94. The Morgan fingerprint density at radius 1 is 1.08 bits per heavy atom. The van der Waals surface area contributed by atoms with Crippen molar-refractivity contribution in [2.24, 2.45) is 0 Å². The molecule has 0 aliphatic carbocycles. The molecule has 0 aliphatic heterocycles. The first-order valence-electron chi connectivity index (χ1n) is 9.02. The van der Waals surface area contributed by atoms with E-state index in [2.05, 4.69) is 38.2 Å². The highest BCUT2D eigenvalue weighted by Gasteiger charge is 2.19. The molecule has 0 saturated carbocycles. The molecule has 140 valence electrons. The van der Waals surface area contributed by atoms with E-state index < -0.39 is 6.10 Å². The highest BCUT2D eigenvalue weighted by molar-refractivity contribution is 5.81. The van der Waals surface area contributed by atoms with E-state index in [0.29, 0.717) is 18.7 Å². The summed E-state index contributed by atoms with van der Waals surface area (Å²) in [6, 6.07) is 15.6. The lowest BCUT2D eigenvalue weighted by Gasteiger charge is -2.21. The van der Waals surface area contributed by atoms with E-state index in [1.54, 1.807) is 7.11 Å². The molecule has 1 N–H and O–H groups in total. The maximum absolute atomic E-state index is 12.5. The minimum Gasteiger partial charge on any atom is -0.496 e. The van der Waals surface area contributed by atoms with Gasteiger partial charge in [0.1, 0.15) is 11.5 Å². The van der Waals surface area contributed by atoms with E-state index in [1.807, 2.05) is 43.3 Å². The summed E-state index contributed by atoms with van der Waals surface area (Å²) in [7, 11) is 1.62. The van der Waals surface area contributed by atoms with Gasteiger partial charge in [0.2, 0.25) is 0 Å². The Morgan fingerprint density at radius 2 is 1.73 bits per heavy atom. The van der Waals surface area contributed by atoms with Crippen LogP contribution in [0.2, 0.25) is 0 Å². The largest absolute Gasteiger partial charge is 0.496 e. The zero-order valence-electron chi connectivity index (χ0n) is 16.3. The van der Waals surface area contributed by atoms with Crippen LogP contribution < -0.4 is 14.8 Å². The van der Waals surface area contributed by atoms with Gasteiger partial charge in [0.05, 0.1) is 7.11 Å². The van der Waals surface area contributed by atoms with Gasteiger partial charge < -0.3 is 14.8 Å². The van der Waals surface area contributed by atoms with Crippen LogP contribution in [0.3, 0.4) is 0 Å². The number of hydrogen-bond donors (Lipinski definition) is 1. The smallest absolute Gasteiger partial charge is 0.261 e. The molecule has 0 spiro atoms. The van der Waals surface area contributed by atoms with Crippen molar-refractivity contribution in [3.8, 4) is 11.5 Å². The molecule has 0 radical (unpaired) electrons. The van der Waals surface area contributed by atoms with E-state index in [0.717, 1.165) is 11.3 Å². The maximum Gasteiger partial charge on any atom is 0.261 e. The van der Waals surface area contributed by atoms with Gasteiger partial charge in [-0.3, -0.25) is 4.79 Å². The van der Waals surface area contributed by atoms with E-state index in [-0.39, 0.29) is 11.3 Å². The van der Waals surface area contributed by atoms with Gasteiger partial charge in [0.15, 0.2) is 6.10 Å². The normalized spacial score (nSPS) is 12.3. The Kier molecular flexibility index (Phi) is 6.67. The van der Waals surface area contributed by atoms with Crippen LogP contribution in [0, 0.1) is 0 Å². The Labute approximate surface area is 156 Å². The van der Waals surface area contributed by atoms with Gasteiger partial charge in [0, 0.05) is 12.1 Å². The van der Waals surface area contributed by atoms with Crippen molar-refractivity contribution in [2.45, 2.75) is 52.2 Å². The van der Waals surface area contributed by atoms with E-state index >= 15 is 0 Å². The van der Waals surface area contributed by atoms with Crippen molar-refractivity contribution in [3.05, 3.63) is 59.7 Å². The zero-order chi connectivity index (χ0) is 19.2. The van der Waals surface area contributed by atoms with Crippen molar-refractivity contribution in [1.82, 2.24) is 5.32 Å². The lowest BCUT2D eigenvalue weighted by atomic mass is 9.87. The first-order chi connectivity index (χ1) is 12.3. The van der Waals surface area contributed by atoms with Crippen LogP contribution in [0.15, 0.2) is 48.5 Å². The number of ether oxygens (including phenoxy) is 2. The van der Waals surface area contributed by atoms with Crippen LogP contribution in [0.4, 0.5) is 0 Å². The van der Waals surface area contributed by atoms with Gasteiger partial charge in [-0.05, 0) is 35.6 Å². The molecule has 26 heavy (non-hydrogen) atoms. The van der Waals surface area contributed by atoms with Gasteiger partial charge in [-0.2, -0.15) is 0 Å². The predicted octanol–water partition coefficient (Wildman–Crippen LogP) is 4.47. The van der Waals surface area contributed by atoms with Gasteiger partial charge in [-0.1, -0.05) is 58.0 Å². The molecule has 1 atom stereocenters. The summed E-state index contributed by atoms with van der Waals surface area (Å²) < 4.78 is 11.2. The Morgan fingerprint density at radius 3 is 2.31 bits per heavy atom. The second kappa shape index (κ2) is 8.75. The fraction of sp³-hybridized carbons (Fsp3) is 0.409. The van der Waals surface area contributed by atoms with Gasteiger partial charge >= 0.3 is 0 Å². The number of rotatable bonds is 7. The van der Waals surface area contributed by atoms with Crippen molar-refractivity contribution >= 4 is 5.91 Å². The molecule has 0 saturated heterocycles. The van der Waals surface area contributed by atoms with Crippen molar-refractivity contribution < 1.29 is 14.3 Å². The number of carbonyl (C=O) groups is 1. The summed E-state index contributed by atoms with van der Waals surface area (Å²) in [6.07, 6.45) is 0.0730. The van der Waals surface area contributed by atoms with Crippen LogP contribution in [-0.4, -0.2) is 19.1 Å². The van der Waals surface area contributed by atoms with Crippen LogP contribution in [0.5, 0.6) is 11.5 Å². The lowest BCUT2D eigenvalue weighted by molar-refractivity contribution is -0.128. The lowest BCUT2D eigenvalue weighted by Crippen LogP contribution is -2.37. The first kappa shape index (κ1) is 19.8. The molecule has 2 aromatic rings. The summed E-state index contributed by atoms with van der Waals surface area (Å²) in [6.45, 7) is 8.86. The number of amides is 1. The third-order valence-electron chi connectivity index (χ3n) is 4.31. The van der Waals surface area contributed by atoms with Crippen molar-refractivity contribution in [2.75, 3.05) is 7.11 Å². The molecule has 1 amide bonds. The molecule has 0 fully saturated rings. The van der Waals surface area contributed by atoms with Crippen molar-refractivity contribution in [3.63, 3.8) is 0 Å². The molecule has 0 aliphatic rings. The van der Waals surface area contributed by atoms with E-state index in [9.17, 15) is 4.79 Å². The maximum atomic E-state index is 12.5. The minimum atomic E-state index is -0.523. The molecule has 4 heteroatoms. The Bertz CT molecular complexity index is 717. The van der Waals surface area contributed by atoms with Crippen molar-refractivity contribution in [1.29, 1.82) is 0 Å². The van der Waals surface area contributed by atoms with Crippen LogP contribution >= 0.6 is 0 Å². The second-order valence-electron chi connectivity index (χ2n) is 7.32. The predicted molar refractivity (Wildman–Crippen MR) is 105 cm³/mol. The number of carbonyl (C=O) groups excluding carboxylic acids is 1. The summed E-state index contributed by atoms with van der Waals surface area (Å²) in [5.41, 5.74) is 2.26. The average molecular weight is 355 g/mol. The molecular weight excluding hydrogens is 326 g/mol. The first-order valence-corrected chi connectivity index (χ1v) is 9.02. The zero-order valence-corrected chi connectivity index (χ0v) is 16.3. The number of benzene rings is 2. The molecule has 0 heterocycles. The van der Waals surface area contributed by atoms with Gasteiger partial charge in [0.25, 0.3) is 5.91 Å². The number of hydrogen-bond acceptors (Lipinski definition) is 3. The van der Waals surface area contributed by atoms with Crippen LogP contribution in [-0.2, 0) is 16.8 Å². The second-order valence-corrected chi connectivity index (χ2v) is 7.32. The van der Waals surface area contributed by atoms with Gasteiger partial charge in [-0.15, -0.1) is 0 Å².